The van der Waals surface area contributed by atoms with Crippen LogP contribution in [-0.2, 0) is 11.2 Å². The number of fused-ring (bicyclic) bond motifs is 1. The van der Waals surface area contributed by atoms with Crippen molar-refractivity contribution in [2.45, 2.75) is 25.8 Å². The van der Waals surface area contributed by atoms with Gasteiger partial charge in [-0.05, 0) is 43.5 Å². The minimum Gasteiger partial charge on any atom is -0.492 e. The monoisotopic (exact) mass is 342 g/mol. The summed E-state index contributed by atoms with van der Waals surface area (Å²) in [4.78, 5) is 14.4. The average molecular weight is 342 g/mol. The normalized spacial score (nSPS) is 16.2. The topological polar surface area (TPSA) is 41.6 Å². The van der Waals surface area contributed by atoms with Gasteiger partial charge in [-0.2, -0.15) is 0 Å². The van der Waals surface area contributed by atoms with Crippen molar-refractivity contribution in [3.05, 3.63) is 59.9 Å². The van der Waals surface area contributed by atoms with Crippen LogP contribution in [0.25, 0.3) is 0 Å². The molecule has 1 unspecified atom stereocenters. The molecule has 1 aliphatic heterocycles. The van der Waals surface area contributed by atoms with Gasteiger partial charge in [-0.3, -0.25) is 4.79 Å². The van der Waals surface area contributed by atoms with E-state index in [1.165, 1.54) is 17.7 Å². The molecule has 5 heteroatoms. The molecule has 1 N–H and O–H groups in total. The van der Waals surface area contributed by atoms with Crippen molar-refractivity contribution in [2.75, 3.05) is 24.6 Å². The van der Waals surface area contributed by atoms with E-state index in [1.807, 2.05) is 12.1 Å². The molecule has 4 nitrogen and oxygen atoms in total. The molecule has 0 saturated heterocycles. The van der Waals surface area contributed by atoms with Gasteiger partial charge in [0.2, 0.25) is 5.91 Å². The van der Waals surface area contributed by atoms with Crippen LogP contribution in [0.15, 0.2) is 48.5 Å². The van der Waals surface area contributed by atoms with Crippen molar-refractivity contribution >= 4 is 11.6 Å². The van der Waals surface area contributed by atoms with Gasteiger partial charge in [-0.15, -0.1) is 0 Å². The van der Waals surface area contributed by atoms with E-state index in [1.54, 1.807) is 12.1 Å². The zero-order valence-corrected chi connectivity index (χ0v) is 14.4. The summed E-state index contributed by atoms with van der Waals surface area (Å²) >= 11 is 0. The number of para-hydroxylation sites is 1. The van der Waals surface area contributed by atoms with Gasteiger partial charge < -0.3 is 15.0 Å². The number of carbonyl (C=O) groups is 1. The summed E-state index contributed by atoms with van der Waals surface area (Å²) in [7, 11) is 0. The summed E-state index contributed by atoms with van der Waals surface area (Å²) in [6, 6.07) is 14.6. The first-order valence-electron chi connectivity index (χ1n) is 8.63. The van der Waals surface area contributed by atoms with Crippen molar-refractivity contribution in [2.24, 2.45) is 0 Å². The highest BCUT2D eigenvalue weighted by Gasteiger charge is 2.24. The summed E-state index contributed by atoms with van der Waals surface area (Å²) in [5.74, 6) is 0.0958. The van der Waals surface area contributed by atoms with Crippen LogP contribution in [0.5, 0.6) is 5.75 Å². The maximum Gasteiger partial charge on any atom is 0.239 e. The third kappa shape index (κ3) is 4.50. The molecule has 3 rings (SSSR count). The molecule has 2 aromatic rings. The first kappa shape index (κ1) is 17.3. The van der Waals surface area contributed by atoms with E-state index in [0.29, 0.717) is 31.5 Å². The Morgan fingerprint density at radius 2 is 2.12 bits per heavy atom. The van der Waals surface area contributed by atoms with Crippen LogP contribution in [0.3, 0.4) is 0 Å². The Kier molecular flexibility index (Phi) is 5.53. The van der Waals surface area contributed by atoms with Crippen LogP contribution < -0.4 is 15.0 Å². The summed E-state index contributed by atoms with van der Waals surface area (Å²) in [5, 5.41) is 2.87. The number of hydrogen-bond donors (Lipinski definition) is 1. The second kappa shape index (κ2) is 8.01. The Morgan fingerprint density at radius 3 is 2.96 bits per heavy atom. The Labute approximate surface area is 147 Å². The number of nitrogens with one attached hydrogen (secondary N) is 1. The lowest BCUT2D eigenvalue weighted by Gasteiger charge is -2.36. The van der Waals surface area contributed by atoms with Crippen molar-refractivity contribution in [1.82, 2.24) is 5.32 Å². The Balaban J connectivity index is 1.48. The lowest BCUT2D eigenvalue weighted by atomic mass is 9.97. The quantitative estimate of drug-likeness (QED) is 0.820. The molecule has 25 heavy (non-hydrogen) atoms. The molecule has 1 atom stereocenters. The second-order valence-corrected chi connectivity index (χ2v) is 6.30. The van der Waals surface area contributed by atoms with E-state index in [-0.39, 0.29) is 11.7 Å². The van der Waals surface area contributed by atoms with Gasteiger partial charge in [0.15, 0.2) is 0 Å². The molecule has 1 aliphatic rings. The van der Waals surface area contributed by atoms with Crippen molar-refractivity contribution in [3.63, 3.8) is 0 Å². The number of carbonyl (C=O) groups excluding carboxylic acids is 1. The van der Waals surface area contributed by atoms with Gasteiger partial charge in [-0.25, -0.2) is 4.39 Å². The Hall–Kier alpha value is -2.56. The molecule has 1 amide bonds. The van der Waals surface area contributed by atoms with Gasteiger partial charge in [0.25, 0.3) is 0 Å². The molecule has 132 valence electrons. The van der Waals surface area contributed by atoms with Gasteiger partial charge in [0.05, 0.1) is 13.1 Å². The predicted molar refractivity (Wildman–Crippen MR) is 96.5 cm³/mol. The Bertz CT molecular complexity index is 735. The summed E-state index contributed by atoms with van der Waals surface area (Å²) in [6.45, 7) is 3.18. The van der Waals surface area contributed by atoms with Gasteiger partial charge >= 0.3 is 0 Å². The molecule has 0 aliphatic carbocycles. The van der Waals surface area contributed by atoms with E-state index < -0.39 is 0 Å². The van der Waals surface area contributed by atoms with Gasteiger partial charge in [0.1, 0.15) is 18.2 Å². The number of hydrogen-bond acceptors (Lipinski definition) is 3. The van der Waals surface area contributed by atoms with Gasteiger partial charge in [0, 0.05) is 17.8 Å². The summed E-state index contributed by atoms with van der Waals surface area (Å²) < 4.78 is 18.5. The number of amides is 1. The predicted octanol–water partition coefficient (Wildman–Crippen LogP) is 3.16. The largest absolute Gasteiger partial charge is 0.492 e. The highest BCUT2D eigenvalue weighted by molar-refractivity contribution is 5.82. The standard InChI is InChI=1S/C20H23FN2O2/c1-15-9-10-16-5-2-3-8-19(16)23(15)14-20(24)22-11-12-25-18-7-4-6-17(21)13-18/h2-8,13,15H,9-12,14H2,1H3,(H,22,24). The summed E-state index contributed by atoms with van der Waals surface area (Å²) in [5.41, 5.74) is 2.44. The Morgan fingerprint density at radius 1 is 1.28 bits per heavy atom. The number of benzene rings is 2. The molecular formula is C20H23FN2O2. The fourth-order valence-electron chi connectivity index (χ4n) is 3.13. The van der Waals surface area contributed by atoms with Crippen LogP contribution in [0.4, 0.5) is 10.1 Å². The number of nitrogens with zero attached hydrogens (tertiary/aromatic N) is 1. The van der Waals surface area contributed by atoms with E-state index in [4.69, 9.17) is 4.74 Å². The number of aryl methyl sites for hydroxylation is 1. The van der Waals surface area contributed by atoms with Crippen molar-refractivity contribution in [3.8, 4) is 5.75 Å². The molecule has 0 spiro atoms. The molecule has 0 radical (unpaired) electrons. The minimum absolute atomic E-state index is 0.0357. The first-order valence-corrected chi connectivity index (χ1v) is 8.63. The maximum atomic E-state index is 13.1. The van der Waals surface area contributed by atoms with Crippen LogP contribution in [-0.4, -0.2) is 31.6 Å². The SMILES string of the molecule is CC1CCc2ccccc2N1CC(=O)NCCOc1cccc(F)c1. The smallest absolute Gasteiger partial charge is 0.239 e. The molecule has 0 aromatic heterocycles. The number of ether oxygens (including phenoxy) is 1. The second-order valence-electron chi connectivity index (χ2n) is 6.30. The third-order valence-electron chi connectivity index (χ3n) is 4.47. The fraction of sp³-hybridized carbons (Fsp3) is 0.350. The summed E-state index contributed by atoms with van der Waals surface area (Å²) in [6.07, 6.45) is 2.10. The van der Waals surface area contributed by atoms with Crippen LogP contribution >= 0.6 is 0 Å². The maximum absolute atomic E-state index is 13.1. The lowest BCUT2D eigenvalue weighted by molar-refractivity contribution is -0.120. The molecule has 0 fully saturated rings. The van der Waals surface area contributed by atoms with Gasteiger partial charge in [-0.1, -0.05) is 24.3 Å². The molecular weight excluding hydrogens is 319 g/mol. The molecule has 0 bridgehead atoms. The van der Waals surface area contributed by atoms with Crippen LogP contribution in [0, 0.1) is 5.82 Å². The minimum atomic E-state index is -0.334. The average Bonchev–Trinajstić information content (AvgIpc) is 2.61. The highest BCUT2D eigenvalue weighted by atomic mass is 19.1. The van der Waals surface area contributed by atoms with Crippen molar-refractivity contribution in [1.29, 1.82) is 0 Å². The van der Waals surface area contributed by atoms with Crippen LogP contribution in [0.2, 0.25) is 0 Å². The fourth-order valence-corrected chi connectivity index (χ4v) is 3.13. The zero-order valence-electron chi connectivity index (χ0n) is 14.4. The third-order valence-corrected chi connectivity index (χ3v) is 4.47. The van der Waals surface area contributed by atoms with E-state index in [2.05, 4.69) is 29.3 Å². The molecule has 0 saturated carbocycles. The number of anilines is 1. The number of rotatable bonds is 6. The first-order chi connectivity index (χ1) is 12.1. The zero-order chi connectivity index (χ0) is 17.6. The van der Waals surface area contributed by atoms with Crippen LogP contribution in [0.1, 0.15) is 18.9 Å². The van der Waals surface area contributed by atoms with E-state index in [0.717, 1.165) is 18.5 Å². The van der Waals surface area contributed by atoms with Crippen molar-refractivity contribution < 1.29 is 13.9 Å². The van der Waals surface area contributed by atoms with E-state index in [9.17, 15) is 9.18 Å². The highest BCUT2D eigenvalue weighted by Crippen LogP contribution is 2.29. The molecule has 1 heterocycles. The number of halogens is 1. The lowest BCUT2D eigenvalue weighted by Crippen LogP contribution is -2.45. The van der Waals surface area contributed by atoms with E-state index >= 15 is 0 Å². The molecule has 2 aromatic carbocycles.